The van der Waals surface area contributed by atoms with Crippen molar-refractivity contribution in [3.05, 3.63) is 35.6 Å². The zero-order valence-electron chi connectivity index (χ0n) is 13.3. The van der Waals surface area contributed by atoms with Crippen LogP contribution in [0.25, 0.3) is 11.1 Å². The van der Waals surface area contributed by atoms with Gasteiger partial charge < -0.3 is 9.73 Å². The molecular formula is C16H17N5O2. The summed E-state index contributed by atoms with van der Waals surface area (Å²) >= 11 is 0. The summed E-state index contributed by atoms with van der Waals surface area (Å²) in [6, 6.07) is 0. The molecule has 3 aromatic heterocycles. The second kappa shape index (κ2) is 4.65. The van der Waals surface area contributed by atoms with Gasteiger partial charge in [-0.25, -0.2) is 14.6 Å². The van der Waals surface area contributed by atoms with Crippen LogP contribution in [0.3, 0.4) is 0 Å². The van der Waals surface area contributed by atoms with Crippen LogP contribution in [-0.4, -0.2) is 31.2 Å². The molecule has 1 aliphatic carbocycles. The summed E-state index contributed by atoms with van der Waals surface area (Å²) in [6.45, 7) is 5.78. The van der Waals surface area contributed by atoms with Gasteiger partial charge in [-0.3, -0.25) is 4.79 Å². The topological polar surface area (TPSA) is 85.8 Å². The molecule has 0 bridgehead atoms. The van der Waals surface area contributed by atoms with Crippen LogP contribution in [-0.2, 0) is 0 Å². The van der Waals surface area contributed by atoms with Gasteiger partial charge in [0.1, 0.15) is 17.9 Å². The molecule has 0 radical (unpaired) electrons. The molecule has 1 fully saturated rings. The molecule has 7 heteroatoms. The maximum absolute atomic E-state index is 12.8. The van der Waals surface area contributed by atoms with E-state index in [1.807, 2.05) is 6.92 Å². The highest BCUT2D eigenvalue weighted by molar-refractivity contribution is 6.10. The van der Waals surface area contributed by atoms with E-state index in [-0.39, 0.29) is 11.4 Å². The number of nitrogens with zero attached hydrogens (tertiary/aromatic N) is 4. The van der Waals surface area contributed by atoms with Gasteiger partial charge in [0, 0.05) is 11.7 Å². The molecule has 0 saturated heterocycles. The second-order valence-corrected chi connectivity index (χ2v) is 6.39. The van der Waals surface area contributed by atoms with E-state index in [9.17, 15) is 4.79 Å². The summed E-state index contributed by atoms with van der Waals surface area (Å²) in [6.07, 6.45) is 6.95. The molecule has 1 N–H and O–H groups in total. The van der Waals surface area contributed by atoms with E-state index < -0.39 is 0 Å². The van der Waals surface area contributed by atoms with Crippen molar-refractivity contribution in [3.63, 3.8) is 0 Å². The quantitative estimate of drug-likeness (QED) is 0.800. The number of aryl methyl sites for hydroxylation is 2. The number of carbonyl (C=O) groups excluding carboxylic acids is 1. The smallest absolute Gasteiger partial charge is 0.282 e. The van der Waals surface area contributed by atoms with Crippen LogP contribution in [0.1, 0.15) is 41.4 Å². The average Bonchev–Trinajstić information content (AvgIpc) is 2.93. The summed E-state index contributed by atoms with van der Waals surface area (Å²) < 4.78 is 6.99. The minimum Gasteiger partial charge on any atom is -0.442 e. The molecule has 1 aliphatic rings. The highest BCUT2D eigenvalue weighted by atomic mass is 16.3. The third kappa shape index (κ3) is 2.28. The number of aromatic nitrogens is 4. The minimum absolute atomic E-state index is 0.0368. The van der Waals surface area contributed by atoms with Gasteiger partial charge in [0.2, 0.25) is 5.71 Å². The normalized spacial score (nSPS) is 15.8. The first-order chi connectivity index (χ1) is 11.0. The highest BCUT2D eigenvalue weighted by Crippen LogP contribution is 2.40. The molecule has 7 nitrogen and oxygen atoms in total. The largest absolute Gasteiger partial charge is 0.442 e. The Labute approximate surface area is 132 Å². The summed E-state index contributed by atoms with van der Waals surface area (Å²) in [5, 5.41) is 8.13. The van der Waals surface area contributed by atoms with Gasteiger partial charge in [-0.05, 0) is 39.2 Å². The van der Waals surface area contributed by atoms with Gasteiger partial charge in [-0.2, -0.15) is 5.10 Å². The van der Waals surface area contributed by atoms with E-state index >= 15 is 0 Å². The number of nitrogens with one attached hydrogen (secondary N) is 1. The molecule has 0 aromatic carbocycles. The molecule has 0 amide bonds. The summed E-state index contributed by atoms with van der Waals surface area (Å²) in [5.41, 5.74) is 1.82. The van der Waals surface area contributed by atoms with Gasteiger partial charge >= 0.3 is 0 Å². The fourth-order valence-corrected chi connectivity index (χ4v) is 2.63. The fraction of sp³-hybridized carbons (Fsp3) is 0.375. The third-order valence-corrected chi connectivity index (χ3v) is 4.22. The fourth-order valence-electron chi connectivity index (χ4n) is 2.63. The first kappa shape index (κ1) is 13.9. The van der Waals surface area contributed by atoms with Crippen LogP contribution in [0.2, 0.25) is 0 Å². The first-order valence-corrected chi connectivity index (χ1v) is 7.55. The number of rotatable bonds is 3. The summed E-state index contributed by atoms with van der Waals surface area (Å²) in [7, 11) is 0. The number of anilines is 1. The van der Waals surface area contributed by atoms with E-state index in [1.54, 1.807) is 19.3 Å². The lowest BCUT2D eigenvalue weighted by Crippen LogP contribution is -2.18. The molecule has 3 heterocycles. The van der Waals surface area contributed by atoms with E-state index in [2.05, 4.69) is 27.3 Å². The van der Waals surface area contributed by atoms with Crippen LogP contribution < -0.4 is 5.32 Å². The van der Waals surface area contributed by atoms with Crippen LogP contribution >= 0.6 is 0 Å². The maximum atomic E-state index is 12.8. The van der Waals surface area contributed by atoms with E-state index in [4.69, 9.17) is 4.42 Å². The average molecular weight is 311 g/mol. The Balaban J connectivity index is 1.88. The molecule has 23 heavy (non-hydrogen) atoms. The lowest BCUT2D eigenvalue weighted by molar-refractivity contribution is 0.0945. The number of hydrogen-bond acceptors (Lipinski definition) is 6. The Morgan fingerprint density at radius 2 is 2.13 bits per heavy atom. The SMILES string of the molecule is Cc1cnn(C(=O)c2c(C)oc3ncnc(NC4(C)CC4)c23)c1. The van der Waals surface area contributed by atoms with Crippen LogP contribution in [0.15, 0.2) is 23.1 Å². The van der Waals surface area contributed by atoms with Crippen molar-refractivity contribution in [2.45, 2.75) is 39.2 Å². The van der Waals surface area contributed by atoms with Crippen molar-refractivity contribution in [1.82, 2.24) is 19.7 Å². The number of fused-ring (bicyclic) bond motifs is 1. The first-order valence-electron chi connectivity index (χ1n) is 7.55. The third-order valence-electron chi connectivity index (χ3n) is 4.22. The summed E-state index contributed by atoms with van der Waals surface area (Å²) in [5.74, 6) is 0.912. The van der Waals surface area contributed by atoms with Crippen LogP contribution in [0.5, 0.6) is 0 Å². The monoisotopic (exact) mass is 311 g/mol. The Hall–Kier alpha value is -2.70. The van der Waals surface area contributed by atoms with Crippen molar-refractivity contribution in [2.24, 2.45) is 0 Å². The van der Waals surface area contributed by atoms with Crippen molar-refractivity contribution in [3.8, 4) is 0 Å². The van der Waals surface area contributed by atoms with E-state index in [1.165, 1.54) is 11.0 Å². The molecule has 4 rings (SSSR count). The highest BCUT2D eigenvalue weighted by Gasteiger charge is 2.38. The van der Waals surface area contributed by atoms with Gasteiger partial charge in [0.15, 0.2) is 0 Å². The van der Waals surface area contributed by atoms with Crippen molar-refractivity contribution in [2.75, 3.05) is 5.32 Å². The lowest BCUT2D eigenvalue weighted by Gasteiger charge is -2.12. The molecular weight excluding hydrogens is 294 g/mol. The Morgan fingerprint density at radius 1 is 1.35 bits per heavy atom. The van der Waals surface area contributed by atoms with Crippen LogP contribution in [0, 0.1) is 13.8 Å². The zero-order chi connectivity index (χ0) is 16.2. The predicted octanol–water partition coefficient (Wildman–Crippen LogP) is 2.69. The van der Waals surface area contributed by atoms with Crippen LogP contribution in [0.4, 0.5) is 5.82 Å². The van der Waals surface area contributed by atoms with E-state index in [0.717, 1.165) is 18.4 Å². The minimum atomic E-state index is -0.242. The molecule has 0 unspecified atom stereocenters. The second-order valence-electron chi connectivity index (χ2n) is 6.39. The number of furan rings is 1. The lowest BCUT2D eigenvalue weighted by atomic mass is 10.1. The van der Waals surface area contributed by atoms with Gasteiger partial charge in [0.05, 0.1) is 17.1 Å². The summed E-state index contributed by atoms with van der Waals surface area (Å²) in [4.78, 5) is 21.3. The van der Waals surface area contributed by atoms with Crippen molar-refractivity contribution >= 4 is 22.8 Å². The Bertz CT molecular complexity index is 920. The maximum Gasteiger partial charge on any atom is 0.282 e. The molecule has 0 aliphatic heterocycles. The zero-order valence-corrected chi connectivity index (χ0v) is 13.3. The van der Waals surface area contributed by atoms with Crippen molar-refractivity contribution < 1.29 is 9.21 Å². The van der Waals surface area contributed by atoms with Gasteiger partial charge in [-0.1, -0.05) is 0 Å². The van der Waals surface area contributed by atoms with Gasteiger partial charge in [-0.15, -0.1) is 0 Å². The van der Waals surface area contributed by atoms with E-state index in [0.29, 0.717) is 28.2 Å². The standard InChI is InChI=1S/C16H17N5O2/c1-9-6-19-21(7-9)15(22)11-10(2)23-14-12(11)13(17-8-18-14)20-16(3)4-5-16/h6-8H,4-5H2,1-3H3,(H,17,18,20). The Kier molecular flexibility index (Phi) is 2.81. The number of hydrogen-bond donors (Lipinski definition) is 1. The molecule has 118 valence electrons. The molecule has 3 aromatic rings. The number of carbonyl (C=O) groups is 1. The Morgan fingerprint density at radius 3 is 2.78 bits per heavy atom. The molecule has 0 spiro atoms. The van der Waals surface area contributed by atoms with Crippen molar-refractivity contribution in [1.29, 1.82) is 0 Å². The molecule has 1 saturated carbocycles. The molecule has 0 atom stereocenters. The van der Waals surface area contributed by atoms with Gasteiger partial charge in [0.25, 0.3) is 5.91 Å². The predicted molar refractivity (Wildman–Crippen MR) is 84.5 cm³/mol.